The highest BCUT2D eigenvalue weighted by Crippen LogP contribution is 2.47. The molecule has 3 aliphatic rings. The molecule has 1 fully saturated rings. The molecule has 0 saturated heterocycles. The number of amides is 1. The molecule has 1 saturated carbocycles. The van der Waals surface area contributed by atoms with Crippen LogP contribution in [-0.4, -0.2) is 41.3 Å². The van der Waals surface area contributed by atoms with Crippen molar-refractivity contribution in [3.05, 3.63) is 106 Å². The van der Waals surface area contributed by atoms with Gasteiger partial charge in [-0.15, -0.1) is 0 Å². The Kier molecular flexibility index (Phi) is 10.5. The van der Waals surface area contributed by atoms with Crippen molar-refractivity contribution >= 4 is 40.5 Å². The average molecular weight is 673 g/mol. The number of ether oxygens (including phenoxy) is 1. The maximum Gasteiger partial charge on any atom is 0.263 e. The Morgan fingerprint density at radius 2 is 1.98 bits per heavy atom. The van der Waals surface area contributed by atoms with E-state index in [-0.39, 0.29) is 28.4 Å². The second-order valence-electron chi connectivity index (χ2n) is 13.6. The first kappa shape index (κ1) is 33.5. The summed E-state index contributed by atoms with van der Waals surface area (Å²) < 4.78 is 22.6. The summed E-state index contributed by atoms with van der Waals surface area (Å²) >= 11 is 6.44. The van der Waals surface area contributed by atoms with Crippen LogP contribution in [0, 0.1) is 17.8 Å². The lowest BCUT2D eigenvalue weighted by Crippen LogP contribution is -2.49. The zero-order valence-corrected chi connectivity index (χ0v) is 28.9. The second-order valence-corrected chi connectivity index (χ2v) is 15.6. The smallest absolute Gasteiger partial charge is 0.263 e. The molecule has 1 N–H and O–H groups in total. The molecule has 2 aliphatic carbocycles. The number of allylic oxidation sites excluding steroid dienone is 2. The third-order valence-corrected chi connectivity index (χ3v) is 11.9. The van der Waals surface area contributed by atoms with Crippen molar-refractivity contribution in [3.8, 4) is 5.75 Å². The van der Waals surface area contributed by atoms with Crippen molar-refractivity contribution in [2.75, 3.05) is 24.6 Å². The van der Waals surface area contributed by atoms with Gasteiger partial charge in [0.2, 0.25) is 0 Å². The van der Waals surface area contributed by atoms with Gasteiger partial charge in [-0.1, -0.05) is 67.1 Å². The molecule has 1 aliphatic heterocycles. The number of nitrogens with one attached hydrogen (secondary N) is 1. The molecule has 1 amide bonds. The molecular weight excluding hydrogens is 628 g/mol. The van der Waals surface area contributed by atoms with Crippen molar-refractivity contribution in [1.82, 2.24) is 4.72 Å². The second kappa shape index (κ2) is 14.8. The number of nitrogens with zero attached hydrogens (tertiary/aromatic N) is 1. The Bertz CT molecular complexity index is 1650. The molecule has 6 rings (SSSR count). The lowest BCUT2D eigenvalue weighted by Gasteiger charge is -2.45. The Labute approximate surface area is 286 Å². The lowest BCUT2D eigenvalue weighted by atomic mass is 9.66. The van der Waals surface area contributed by atoms with Crippen molar-refractivity contribution in [1.29, 1.82) is 0 Å². The number of carbonyl (C=O) groups is 2. The summed E-state index contributed by atoms with van der Waals surface area (Å²) in [4.78, 5) is 28.1. The Morgan fingerprint density at radius 1 is 1.15 bits per heavy atom. The highest BCUT2D eigenvalue weighted by Gasteiger charge is 2.44. The van der Waals surface area contributed by atoms with Crippen LogP contribution in [0.3, 0.4) is 0 Å². The molecule has 4 unspecified atom stereocenters. The molecule has 248 valence electrons. The minimum atomic E-state index is -1.56. The van der Waals surface area contributed by atoms with Crippen LogP contribution in [-0.2, 0) is 34.0 Å². The van der Waals surface area contributed by atoms with Gasteiger partial charge in [0.15, 0.2) is 0 Å². The van der Waals surface area contributed by atoms with Gasteiger partial charge < -0.3 is 14.4 Å². The van der Waals surface area contributed by atoms with Gasteiger partial charge in [0.25, 0.3) is 5.91 Å². The van der Waals surface area contributed by atoms with Gasteiger partial charge in [-0.2, -0.15) is 0 Å². The number of rotatable bonds is 11. The van der Waals surface area contributed by atoms with Crippen LogP contribution in [0.4, 0.5) is 5.69 Å². The number of benzene rings is 3. The SMILES string of the molecule is CC/C=C/C(C=O)C1CCC1CN1C[C@@]2(CCCc3cc(Cl)ccc32)COc2ccc(C(=O)NS(=O)[C@H](C)Cc3ccccc3)cc21. The summed E-state index contributed by atoms with van der Waals surface area (Å²) in [5, 5.41) is 0.503. The molecule has 0 aromatic heterocycles. The average Bonchev–Trinajstić information content (AvgIpc) is 3.21. The molecule has 6 nitrogen and oxygen atoms in total. The number of hydrogen-bond acceptors (Lipinski definition) is 5. The van der Waals surface area contributed by atoms with E-state index in [4.69, 9.17) is 16.3 Å². The molecule has 1 heterocycles. The van der Waals surface area contributed by atoms with Crippen molar-refractivity contribution in [3.63, 3.8) is 0 Å². The predicted molar refractivity (Wildman–Crippen MR) is 191 cm³/mol. The maximum atomic E-state index is 13.5. The largest absolute Gasteiger partial charge is 0.490 e. The third kappa shape index (κ3) is 7.36. The van der Waals surface area contributed by atoms with E-state index in [9.17, 15) is 13.8 Å². The number of hydrogen-bond donors (Lipinski definition) is 1. The summed E-state index contributed by atoms with van der Waals surface area (Å²) in [7, 11) is -1.56. The van der Waals surface area contributed by atoms with Gasteiger partial charge in [0.1, 0.15) is 23.0 Å². The van der Waals surface area contributed by atoms with Crippen LogP contribution in [0.15, 0.2) is 78.9 Å². The number of carbonyl (C=O) groups excluding carboxylic acids is 2. The van der Waals surface area contributed by atoms with E-state index in [0.29, 0.717) is 24.5 Å². The van der Waals surface area contributed by atoms with Crippen LogP contribution in [0.5, 0.6) is 5.75 Å². The topological polar surface area (TPSA) is 75.7 Å². The van der Waals surface area contributed by atoms with Gasteiger partial charge in [0.05, 0.1) is 17.5 Å². The third-order valence-electron chi connectivity index (χ3n) is 10.4. The van der Waals surface area contributed by atoms with Crippen LogP contribution in [0.1, 0.15) is 73.0 Å². The number of halogens is 1. The number of aldehydes is 1. The fourth-order valence-electron chi connectivity index (χ4n) is 7.72. The van der Waals surface area contributed by atoms with E-state index in [2.05, 4.69) is 40.8 Å². The Balaban J connectivity index is 1.29. The van der Waals surface area contributed by atoms with Gasteiger partial charge in [-0.05, 0) is 111 Å². The zero-order chi connectivity index (χ0) is 33.0. The molecule has 3 aromatic carbocycles. The summed E-state index contributed by atoms with van der Waals surface area (Å²) in [6, 6.07) is 21.7. The highest BCUT2D eigenvalue weighted by molar-refractivity contribution is 7.84. The van der Waals surface area contributed by atoms with E-state index in [0.717, 1.165) is 79.9 Å². The van der Waals surface area contributed by atoms with Crippen LogP contribution >= 0.6 is 11.6 Å². The Morgan fingerprint density at radius 3 is 2.72 bits per heavy atom. The van der Waals surface area contributed by atoms with Gasteiger partial charge in [0, 0.05) is 35.0 Å². The molecule has 1 spiro atoms. The highest BCUT2D eigenvalue weighted by atomic mass is 35.5. The van der Waals surface area contributed by atoms with E-state index in [1.807, 2.05) is 55.5 Å². The van der Waals surface area contributed by atoms with Crippen molar-refractivity contribution in [2.24, 2.45) is 17.8 Å². The summed E-state index contributed by atoms with van der Waals surface area (Å²) in [5.41, 5.74) is 4.73. The standard InChI is InChI=1S/C39H45ClN2O4S/c1-3-4-11-32(24-43)34-16-13-31(34)23-42-25-39(19-8-12-29-21-33(40)15-17-35(29)39)26-46-37-18-14-30(22-36(37)42)38(44)41-47(45)27(2)20-28-9-6-5-7-10-28/h4-7,9-11,14-15,17-18,21-22,24,27,31-32,34H,3,8,12-13,16,19-20,23,25-26H2,1-2H3,(H,41,44)/b11-4+/t27-,31?,32?,34?,39+,47?/m1/s1. The quantitative estimate of drug-likeness (QED) is 0.167. The van der Waals surface area contributed by atoms with Crippen LogP contribution in [0.2, 0.25) is 5.02 Å². The Hall–Kier alpha value is -3.42. The van der Waals surface area contributed by atoms with Gasteiger partial charge >= 0.3 is 0 Å². The zero-order valence-electron chi connectivity index (χ0n) is 27.3. The number of aryl methyl sites for hydroxylation is 1. The molecular formula is C39H45ClN2O4S. The van der Waals surface area contributed by atoms with Crippen molar-refractivity contribution in [2.45, 2.75) is 69.5 Å². The van der Waals surface area contributed by atoms with E-state index >= 15 is 0 Å². The van der Waals surface area contributed by atoms with E-state index < -0.39 is 11.0 Å². The van der Waals surface area contributed by atoms with Crippen LogP contribution in [0.25, 0.3) is 0 Å². The fourth-order valence-corrected chi connectivity index (χ4v) is 8.76. The van der Waals surface area contributed by atoms with E-state index in [1.54, 1.807) is 6.07 Å². The molecule has 47 heavy (non-hydrogen) atoms. The normalized spacial score (nSPS) is 23.9. The minimum absolute atomic E-state index is 0.0899. The van der Waals surface area contributed by atoms with E-state index in [1.165, 1.54) is 11.1 Å². The van der Waals surface area contributed by atoms with Gasteiger partial charge in [-0.3, -0.25) is 9.52 Å². The minimum Gasteiger partial charge on any atom is -0.490 e. The molecule has 8 heteroatoms. The first-order valence-electron chi connectivity index (χ1n) is 17.0. The lowest BCUT2D eigenvalue weighted by molar-refractivity contribution is -0.112. The summed E-state index contributed by atoms with van der Waals surface area (Å²) in [6.07, 6.45) is 11.9. The first-order valence-corrected chi connectivity index (χ1v) is 18.6. The number of fused-ring (bicyclic) bond motifs is 3. The number of anilines is 1. The van der Waals surface area contributed by atoms with Gasteiger partial charge in [-0.25, -0.2) is 4.21 Å². The van der Waals surface area contributed by atoms with Crippen LogP contribution < -0.4 is 14.4 Å². The summed E-state index contributed by atoms with van der Waals surface area (Å²) in [6.45, 7) is 6.01. The maximum absolute atomic E-state index is 13.5. The molecule has 0 radical (unpaired) electrons. The molecule has 3 aromatic rings. The first-order chi connectivity index (χ1) is 22.8. The van der Waals surface area contributed by atoms with Crippen molar-refractivity contribution < 1.29 is 18.5 Å². The predicted octanol–water partition coefficient (Wildman–Crippen LogP) is 7.65. The molecule has 0 bridgehead atoms. The molecule has 6 atom stereocenters. The summed E-state index contributed by atoms with van der Waals surface area (Å²) in [5.74, 6) is 0.914. The monoisotopic (exact) mass is 672 g/mol. The fraction of sp³-hybridized carbons (Fsp3) is 0.436.